The van der Waals surface area contributed by atoms with E-state index < -0.39 is 0 Å². The number of anilines is 1. The Morgan fingerprint density at radius 3 is 2.65 bits per heavy atom. The summed E-state index contributed by atoms with van der Waals surface area (Å²) >= 11 is 1.62. The first-order chi connectivity index (χ1) is 9.60. The fraction of sp³-hybridized carbons (Fsp3) is 0.643. The van der Waals surface area contributed by atoms with Crippen LogP contribution in [0.3, 0.4) is 0 Å². The highest BCUT2D eigenvalue weighted by molar-refractivity contribution is 7.98. The van der Waals surface area contributed by atoms with E-state index in [4.69, 9.17) is 0 Å². The molecule has 1 fully saturated rings. The van der Waals surface area contributed by atoms with Crippen molar-refractivity contribution in [3.05, 3.63) is 12.4 Å². The molecule has 0 unspecified atom stereocenters. The van der Waals surface area contributed by atoms with Gasteiger partial charge in [-0.2, -0.15) is 0 Å². The topological polar surface area (TPSA) is 58.1 Å². The van der Waals surface area contributed by atoms with E-state index in [-0.39, 0.29) is 5.91 Å². The number of carbonyl (C=O) groups is 1. The predicted octanol–water partition coefficient (Wildman–Crippen LogP) is 2.40. The van der Waals surface area contributed by atoms with Crippen LogP contribution >= 0.6 is 11.8 Å². The first-order valence-corrected chi connectivity index (χ1v) is 8.18. The van der Waals surface area contributed by atoms with Crippen LogP contribution in [0.4, 0.5) is 5.82 Å². The van der Waals surface area contributed by atoms with Crippen LogP contribution in [0.5, 0.6) is 0 Å². The number of carbonyl (C=O) groups excluding carboxylic acids is 1. The molecule has 1 amide bonds. The molecule has 1 aromatic heterocycles. The van der Waals surface area contributed by atoms with Crippen LogP contribution in [0.15, 0.2) is 17.4 Å². The van der Waals surface area contributed by atoms with Crippen molar-refractivity contribution in [3.63, 3.8) is 0 Å². The summed E-state index contributed by atoms with van der Waals surface area (Å²) in [5.74, 6) is 1.05. The third kappa shape index (κ3) is 3.85. The van der Waals surface area contributed by atoms with Crippen LogP contribution < -0.4 is 5.32 Å². The number of amides is 1. The van der Waals surface area contributed by atoms with E-state index in [0.29, 0.717) is 12.1 Å². The van der Waals surface area contributed by atoms with Crippen molar-refractivity contribution < 1.29 is 4.79 Å². The van der Waals surface area contributed by atoms with Gasteiger partial charge in [0.2, 0.25) is 5.91 Å². The Balaban J connectivity index is 1.86. The van der Waals surface area contributed by atoms with Crippen molar-refractivity contribution in [2.75, 3.05) is 18.6 Å². The molecule has 1 aliphatic rings. The molecule has 1 saturated carbocycles. The summed E-state index contributed by atoms with van der Waals surface area (Å²) < 4.78 is 0. The van der Waals surface area contributed by atoms with Gasteiger partial charge in [0.05, 0.1) is 0 Å². The summed E-state index contributed by atoms with van der Waals surface area (Å²) in [4.78, 5) is 21.7. The third-order valence-corrected chi connectivity index (χ3v) is 4.59. The lowest BCUT2D eigenvalue weighted by Gasteiger charge is -2.34. The van der Waals surface area contributed by atoms with Crippen LogP contribution in [0.2, 0.25) is 0 Å². The molecule has 0 spiro atoms. The van der Waals surface area contributed by atoms with Crippen LogP contribution in [0.1, 0.15) is 32.6 Å². The van der Waals surface area contributed by atoms with E-state index in [9.17, 15) is 4.79 Å². The van der Waals surface area contributed by atoms with Gasteiger partial charge in [-0.05, 0) is 31.9 Å². The minimum absolute atomic E-state index is 0.154. The third-order valence-electron chi connectivity index (χ3n) is 3.94. The Bertz CT molecular complexity index is 460. The molecule has 0 aliphatic heterocycles. The minimum atomic E-state index is 0.154. The van der Waals surface area contributed by atoms with Gasteiger partial charge in [-0.1, -0.05) is 0 Å². The lowest BCUT2D eigenvalue weighted by Crippen LogP contribution is -2.40. The standard InChI is InChI=1S/C14H22N4OS/c1-10(19)18(2)12-6-4-11(5-7-12)17-13-8-14(20-3)16-9-15-13/h8-9,11-12H,4-7H2,1-3H3,(H,15,16,17)/t11-,12+. The van der Waals surface area contributed by atoms with E-state index in [0.717, 1.165) is 36.5 Å². The van der Waals surface area contributed by atoms with Crippen molar-refractivity contribution >= 4 is 23.5 Å². The Hall–Kier alpha value is -1.30. The fourth-order valence-corrected chi connectivity index (χ4v) is 2.99. The van der Waals surface area contributed by atoms with Gasteiger partial charge in [0, 0.05) is 32.1 Å². The average molecular weight is 294 g/mol. The van der Waals surface area contributed by atoms with Crippen molar-refractivity contribution in [1.29, 1.82) is 0 Å². The highest BCUT2D eigenvalue weighted by Crippen LogP contribution is 2.25. The molecule has 0 radical (unpaired) electrons. The summed E-state index contributed by atoms with van der Waals surface area (Å²) in [6.07, 6.45) is 7.85. The summed E-state index contributed by atoms with van der Waals surface area (Å²) in [6, 6.07) is 2.81. The molecule has 1 aromatic rings. The average Bonchev–Trinajstić information content (AvgIpc) is 2.47. The molecule has 5 nitrogen and oxygen atoms in total. The molecule has 20 heavy (non-hydrogen) atoms. The Labute approximate surface area is 124 Å². The van der Waals surface area contributed by atoms with E-state index >= 15 is 0 Å². The second-order valence-electron chi connectivity index (χ2n) is 5.23. The normalized spacial score (nSPS) is 22.4. The van der Waals surface area contributed by atoms with Gasteiger partial charge in [0.1, 0.15) is 17.2 Å². The maximum Gasteiger partial charge on any atom is 0.219 e. The molecule has 0 atom stereocenters. The van der Waals surface area contributed by atoms with Crippen LogP contribution in [-0.4, -0.2) is 46.2 Å². The van der Waals surface area contributed by atoms with Gasteiger partial charge in [-0.25, -0.2) is 9.97 Å². The lowest BCUT2D eigenvalue weighted by molar-refractivity contribution is -0.130. The second kappa shape index (κ2) is 6.92. The van der Waals surface area contributed by atoms with Crippen LogP contribution in [0.25, 0.3) is 0 Å². The van der Waals surface area contributed by atoms with Crippen LogP contribution in [-0.2, 0) is 4.79 Å². The molecule has 1 heterocycles. The van der Waals surface area contributed by atoms with Gasteiger partial charge in [0.15, 0.2) is 0 Å². The first-order valence-electron chi connectivity index (χ1n) is 6.96. The monoisotopic (exact) mass is 294 g/mol. The SMILES string of the molecule is CSc1cc(N[C@H]2CC[C@@H](N(C)C(C)=O)CC2)ncn1. The summed E-state index contributed by atoms with van der Waals surface area (Å²) in [7, 11) is 1.90. The van der Waals surface area contributed by atoms with Crippen molar-refractivity contribution in [2.45, 2.75) is 49.7 Å². The fourth-order valence-electron chi connectivity index (χ4n) is 2.60. The maximum atomic E-state index is 11.4. The van der Waals surface area contributed by atoms with E-state index in [1.807, 2.05) is 24.3 Å². The summed E-state index contributed by atoms with van der Waals surface area (Å²) in [6.45, 7) is 1.63. The molecule has 1 N–H and O–H groups in total. The van der Waals surface area contributed by atoms with E-state index in [1.165, 1.54) is 0 Å². The zero-order chi connectivity index (χ0) is 14.5. The molecule has 0 aromatic carbocycles. The van der Waals surface area contributed by atoms with Crippen molar-refractivity contribution in [3.8, 4) is 0 Å². The quantitative estimate of drug-likeness (QED) is 0.682. The van der Waals surface area contributed by atoms with Gasteiger partial charge >= 0.3 is 0 Å². The number of nitrogens with zero attached hydrogens (tertiary/aromatic N) is 3. The molecular formula is C14H22N4OS. The molecular weight excluding hydrogens is 272 g/mol. The van der Waals surface area contributed by atoms with Crippen LogP contribution in [0, 0.1) is 0 Å². The Morgan fingerprint density at radius 2 is 2.05 bits per heavy atom. The molecule has 0 saturated heterocycles. The summed E-state index contributed by atoms with van der Waals surface area (Å²) in [5.41, 5.74) is 0. The molecule has 2 rings (SSSR count). The van der Waals surface area contributed by atoms with Crippen molar-refractivity contribution in [1.82, 2.24) is 14.9 Å². The zero-order valence-electron chi connectivity index (χ0n) is 12.3. The van der Waals surface area contributed by atoms with Crippen molar-refractivity contribution in [2.24, 2.45) is 0 Å². The maximum absolute atomic E-state index is 11.4. The molecule has 1 aliphatic carbocycles. The molecule has 6 heteroatoms. The number of thioether (sulfide) groups is 1. The Kier molecular flexibility index (Phi) is 5.23. The smallest absolute Gasteiger partial charge is 0.219 e. The Morgan fingerprint density at radius 1 is 1.35 bits per heavy atom. The molecule has 0 bridgehead atoms. The van der Waals surface area contributed by atoms with Gasteiger partial charge < -0.3 is 10.2 Å². The second-order valence-corrected chi connectivity index (χ2v) is 6.05. The largest absolute Gasteiger partial charge is 0.367 e. The molecule has 110 valence electrons. The number of hydrogen-bond acceptors (Lipinski definition) is 5. The highest BCUT2D eigenvalue weighted by Gasteiger charge is 2.25. The summed E-state index contributed by atoms with van der Waals surface area (Å²) in [5, 5.41) is 4.46. The van der Waals surface area contributed by atoms with Gasteiger partial charge in [-0.3, -0.25) is 4.79 Å². The number of rotatable bonds is 4. The zero-order valence-corrected chi connectivity index (χ0v) is 13.1. The number of hydrogen-bond donors (Lipinski definition) is 1. The van der Waals surface area contributed by atoms with Gasteiger partial charge in [-0.15, -0.1) is 11.8 Å². The minimum Gasteiger partial charge on any atom is -0.367 e. The number of nitrogens with one attached hydrogen (secondary N) is 1. The highest BCUT2D eigenvalue weighted by atomic mass is 32.2. The lowest BCUT2D eigenvalue weighted by atomic mass is 9.90. The van der Waals surface area contributed by atoms with Gasteiger partial charge in [0.25, 0.3) is 0 Å². The number of aromatic nitrogens is 2. The predicted molar refractivity (Wildman–Crippen MR) is 81.9 cm³/mol. The first kappa shape index (κ1) is 15.1. The van der Waals surface area contributed by atoms with E-state index in [1.54, 1.807) is 25.0 Å². The van der Waals surface area contributed by atoms with E-state index in [2.05, 4.69) is 15.3 Å².